The molecule has 3 rings (SSSR count). The lowest BCUT2D eigenvalue weighted by molar-refractivity contribution is -0.133. The largest absolute Gasteiger partial charge is 0.445 e. The summed E-state index contributed by atoms with van der Waals surface area (Å²) in [5.74, 6) is -0.412. The molecule has 0 saturated carbocycles. The number of carbonyl (C=O) groups is 2. The lowest BCUT2D eigenvalue weighted by atomic mass is 9.81. The lowest BCUT2D eigenvalue weighted by Gasteiger charge is -2.38. The monoisotopic (exact) mass is 354 g/mol. The van der Waals surface area contributed by atoms with E-state index in [1.807, 2.05) is 36.4 Å². The van der Waals surface area contributed by atoms with Crippen molar-refractivity contribution < 1.29 is 19.4 Å². The molecule has 26 heavy (non-hydrogen) atoms. The summed E-state index contributed by atoms with van der Waals surface area (Å²) in [5, 5.41) is 10.7. The van der Waals surface area contributed by atoms with Crippen LogP contribution in [0.1, 0.15) is 17.5 Å². The molecule has 2 aromatic rings. The molecular weight excluding hydrogens is 332 g/mol. The van der Waals surface area contributed by atoms with Gasteiger partial charge in [0.15, 0.2) is 11.3 Å². The van der Waals surface area contributed by atoms with E-state index in [1.165, 1.54) is 4.90 Å². The van der Waals surface area contributed by atoms with Gasteiger partial charge in [0.05, 0.1) is 12.6 Å². The fourth-order valence-electron chi connectivity index (χ4n) is 3.54. The second-order valence-corrected chi connectivity index (χ2v) is 6.26. The highest BCUT2D eigenvalue weighted by atomic mass is 16.6. The molecule has 1 saturated heterocycles. The molecule has 6 nitrogen and oxygen atoms in total. The van der Waals surface area contributed by atoms with Gasteiger partial charge in [0, 0.05) is 6.54 Å². The van der Waals surface area contributed by atoms with Gasteiger partial charge in [-0.05, 0) is 17.5 Å². The topological polar surface area (TPSA) is 92.9 Å². The van der Waals surface area contributed by atoms with Crippen LogP contribution in [-0.2, 0) is 21.7 Å². The number of nitrogens with zero attached hydrogens (tertiary/aromatic N) is 1. The third-order valence-corrected chi connectivity index (χ3v) is 4.78. The Morgan fingerprint density at radius 1 is 1.12 bits per heavy atom. The van der Waals surface area contributed by atoms with Crippen molar-refractivity contribution in [1.29, 1.82) is 0 Å². The quantitative estimate of drug-likeness (QED) is 0.854. The molecule has 1 fully saturated rings. The molecule has 3 N–H and O–H groups in total. The predicted molar refractivity (Wildman–Crippen MR) is 96.1 cm³/mol. The first kappa shape index (κ1) is 18.1. The van der Waals surface area contributed by atoms with Crippen molar-refractivity contribution in [3.8, 4) is 0 Å². The van der Waals surface area contributed by atoms with Crippen LogP contribution >= 0.6 is 0 Å². The number of likely N-dealkylation sites (tertiary alicyclic amines) is 1. The Hall–Kier alpha value is -2.70. The van der Waals surface area contributed by atoms with E-state index in [-0.39, 0.29) is 26.1 Å². The molecule has 1 unspecified atom stereocenters. The number of benzene rings is 2. The number of nitrogens with two attached hydrogens (primary N) is 1. The average molecular weight is 354 g/mol. The Kier molecular flexibility index (Phi) is 5.35. The Balaban J connectivity index is 1.91. The minimum Gasteiger partial charge on any atom is -0.445 e. The number of amides is 1. The molecule has 2 atom stereocenters. The first-order valence-electron chi connectivity index (χ1n) is 8.56. The van der Waals surface area contributed by atoms with Crippen molar-refractivity contribution in [1.82, 2.24) is 4.90 Å². The van der Waals surface area contributed by atoms with Crippen LogP contribution in [0.5, 0.6) is 0 Å². The van der Waals surface area contributed by atoms with Crippen LogP contribution < -0.4 is 5.73 Å². The van der Waals surface area contributed by atoms with Crippen LogP contribution in [0.4, 0.5) is 4.79 Å². The molecule has 1 aliphatic rings. The summed E-state index contributed by atoms with van der Waals surface area (Å²) < 4.78 is 5.41. The first-order chi connectivity index (χ1) is 12.6. The minimum absolute atomic E-state index is 0.0912. The number of rotatable bonds is 5. The summed E-state index contributed by atoms with van der Waals surface area (Å²) in [6, 6.07) is 18.1. The van der Waals surface area contributed by atoms with Crippen molar-refractivity contribution >= 4 is 11.9 Å². The normalized spacial score (nSPS) is 22.2. The third-order valence-electron chi connectivity index (χ3n) is 4.78. The highest BCUT2D eigenvalue weighted by Crippen LogP contribution is 2.40. The number of ketones is 1. The SMILES string of the molecule is NCC(=O)C1(c2ccccc2)[C@@H](O)CCN1C(=O)OCc1ccccc1. The summed E-state index contributed by atoms with van der Waals surface area (Å²) in [5.41, 5.74) is 5.50. The third kappa shape index (κ3) is 3.09. The number of aliphatic hydroxyl groups excluding tert-OH is 1. The van der Waals surface area contributed by atoms with Gasteiger partial charge in [-0.2, -0.15) is 0 Å². The fraction of sp³-hybridized carbons (Fsp3) is 0.300. The maximum Gasteiger partial charge on any atom is 0.411 e. The van der Waals surface area contributed by atoms with E-state index in [1.54, 1.807) is 24.3 Å². The molecule has 136 valence electrons. The van der Waals surface area contributed by atoms with Crippen LogP contribution in [0, 0.1) is 0 Å². The summed E-state index contributed by atoms with van der Waals surface area (Å²) in [4.78, 5) is 26.9. The number of hydrogen-bond donors (Lipinski definition) is 2. The second kappa shape index (κ2) is 7.68. The summed E-state index contributed by atoms with van der Waals surface area (Å²) >= 11 is 0. The van der Waals surface area contributed by atoms with E-state index in [0.29, 0.717) is 5.56 Å². The van der Waals surface area contributed by atoms with Crippen molar-refractivity contribution in [3.05, 3.63) is 71.8 Å². The molecule has 0 aliphatic carbocycles. The molecule has 0 bridgehead atoms. The van der Waals surface area contributed by atoms with Gasteiger partial charge >= 0.3 is 6.09 Å². The molecule has 0 spiro atoms. The molecule has 1 amide bonds. The van der Waals surface area contributed by atoms with E-state index in [9.17, 15) is 14.7 Å². The number of aliphatic hydroxyl groups is 1. The van der Waals surface area contributed by atoms with Crippen molar-refractivity contribution in [2.45, 2.75) is 24.7 Å². The van der Waals surface area contributed by atoms with Gasteiger partial charge in [-0.3, -0.25) is 9.69 Å². The van der Waals surface area contributed by atoms with Crippen LogP contribution in [0.3, 0.4) is 0 Å². The summed E-state index contributed by atoms with van der Waals surface area (Å²) in [6.45, 7) is 0.0256. The molecule has 2 aromatic carbocycles. The first-order valence-corrected chi connectivity index (χ1v) is 8.56. The Morgan fingerprint density at radius 3 is 2.35 bits per heavy atom. The van der Waals surface area contributed by atoms with E-state index in [2.05, 4.69) is 0 Å². The maximum atomic E-state index is 12.8. The molecular formula is C20H22N2O4. The molecule has 6 heteroatoms. The second-order valence-electron chi connectivity index (χ2n) is 6.26. The summed E-state index contributed by atoms with van der Waals surface area (Å²) in [7, 11) is 0. The zero-order chi connectivity index (χ0) is 18.6. The lowest BCUT2D eigenvalue weighted by Crippen LogP contribution is -2.57. The van der Waals surface area contributed by atoms with Gasteiger partial charge in [0.2, 0.25) is 0 Å². The average Bonchev–Trinajstić information content (AvgIpc) is 3.05. The van der Waals surface area contributed by atoms with E-state index in [4.69, 9.17) is 10.5 Å². The number of Topliss-reactive ketones (excluding diaryl/α,β-unsaturated/α-hetero) is 1. The van der Waals surface area contributed by atoms with Crippen LogP contribution in [0.2, 0.25) is 0 Å². The van der Waals surface area contributed by atoms with Gasteiger partial charge < -0.3 is 15.6 Å². The van der Waals surface area contributed by atoms with Crippen molar-refractivity contribution in [3.63, 3.8) is 0 Å². The summed E-state index contributed by atoms with van der Waals surface area (Å²) in [6.07, 6.45) is -1.40. The predicted octanol–water partition coefficient (Wildman–Crippen LogP) is 1.81. The Morgan fingerprint density at radius 2 is 1.73 bits per heavy atom. The Bertz CT molecular complexity index is 766. The van der Waals surface area contributed by atoms with E-state index in [0.717, 1.165) is 5.56 Å². The van der Waals surface area contributed by atoms with Crippen LogP contribution in [0.15, 0.2) is 60.7 Å². The minimum atomic E-state index is -1.51. The van der Waals surface area contributed by atoms with Crippen molar-refractivity contribution in [2.75, 3.05) is 13.1 Å². The number of hydrogen-bond acceptors (Lipinski definition) is 5. The van der Waals surface area contributed by atoms with Gasteiger partial charge in [-0.15, -0.1) is 0 Å². The molecule has 1 heterocycles. The molecule has 0 aromatic heterocycles. The standard InChI is InChI=1S/C20H22N2O4/c21-13-18(24)20(16-9-5-2-6-10-16)17(23)11-12-22(20)19(25)26-14-15-7-3-1-4-8-15/h1-10,17,23H,11-14,21H2/t17-,20?/m0/s1. The van der Waals surface area contributed by atoms with Gasteiger partial charge in [-0.25, -0.2) is 4.79 Å². The molecule has 0 radical (unpaired) electrons. The highest BCUT2D eigenvalue weighted by molar-refractivity contribution is 5.95. The van der Waals surface area contributed by atoms with Gasteiger partial charge in [0.25, 0.3) is 0 Å². The zero-order valence-electron chi connectivity index (χ0n) is 14.4. The zero-order valence-corrected chi connectivity index (χ0v) is 14.4. The highest BCUT2D eigenvalue weighted by Gasteiger charge is 2.56. The van der Waals surface area contributed by atoms with Gasteiger partial charge in [-0.1, -0.05) is 60.7 Å². The maximum absolute atomic E-state index is 12.8. The smallest absolute Gasteiger partial charge is 0.411 e. The van der Waals surface area contributed by atoms with Crippen LogP contribution in [0.25, 0.3) is 0 Å². The van der Waals surface area contributed by atoms with Crippen LogP contribution in [-0.4, -0.2) is 41.1 Å². The number of ether oxygens (including phenoxy) is 1. The van der Waals surface area contributed by atoms with E-state index >= 15 is 0 Å². The van der Waals surface area contributed by atoms with Crippen molar-refractivity contribution in [2.24, 2.45) is 5.73 Å². The number of carbonyl (C=O) groups excluding carboxylic acids is 2. The fourth-order valence-corrected chi connectivity index (χ4v) is 3.54. The van der Waals surface area contributed by atoms with E-state index < -0.39 is 23.5 Å². The molecule has 1 aliphatic heterocycles. The Labute approximate surface area is 152 Å². The van der Waals surface area contributed by atoms with Gasteiger partial charge in [0.1, 0.15) is 6.61 Å².